The molecule has 1 aromatic heterocycles. The molecule has 0 aliphatic carbocycles. The maximum atomic E-state index is 12.2. The van der Waals surface area contributed by atoms with Crippen molar-refractivity contribution in [2.24, 2.45) is 0 Å². The van der Waals surface area contributed by atoms with E-state index in [1.165, 1.54) is 0 Å². The van der Waals surface area contributed by atoms with Crippen molar-refractivity contribution in [1.29, 1.82) is 0 Å². The Morgan fingerprint density at radius 1 is 1.14 bits per heavy atom. The van der Waals surface area contributed by atoms with Gasteiger partial charge < -0.3 is 14.0 Å². The summed E-state index contributed by atoms with van der Waals surface area (Å²) in [4.78, 5) is 12.2. The number of rotatable bonds is 2. The number of fused-ring (bicyclic) bond motifs is 3. The highest BCUT2D eigenvalue weighted by molar-refractivity contribution is 6.09. The van der Waals surface area contributed by atoms with Crippen LogP contribution in [0, 0.1) is 0 Å². The third kappa shape index (κ3) is 1.65. The van der Waals surface area contributed by atoms with E-state index in [0.29, 0.717) is 11.4 Å². The van der Waals surface area contributed by atoms with Crippen LogP contribution in [0.2, 0.25) is 0 Å². The molecule has 0 N–H and O–H groups in total. The number of methoxy groups -OCH3 is 1. The fraction of sp³-hybridized carbons (Fsp3) is 0.118. The fourth-order valence-corrected chi connectivity index (χ4v) is 2.82. The van der Waals surface area contributed by atoms with Crippen LogP contribution in [0.15, 0.2) is 48.5 Å². The van der Waals surface area contributed by atoms with Crippen molar-refractivity contribution >= 4 is 16.7 Å². The number of para-hydroxylation sites is 1. The first-order valence-corrected chi connectivity index (χ1v) is 6.73. The smallest absolute Gasteiger partial charge is 0.220 e. The first kappa shape index (κ1) is 12.0. The molecule has 3 aromatic rings. The van der Waals surface area contributed by atoms with Gasteiger partial charge in [0.2, 0.25) is 5.78 Å². The van der Waals surface area contributed by atoms with E-state index in [-0.39, 0.29) is 12.4 Å². The summed E-state index contributed by atoms with van der Waals surface area (Å²) in [6.45, 7) is 0.102. The van der Waals surface area contributed by atoms with Gasteiger partial charge in [-0.15, -0.1) is 0 Å². The van der Waals surface area contributed by atoms with Crippen LogP contribution in [0.3, 0.4) is 0 Å². The summed E-state index contributed by atoms with van der Waals surface area (Å²) in [5.41, 5.74) is 2.51. The predicted octanol–water partition coefficient (Wildman–Crippen LogP) is 3.21. The van der Waals surface area contributed by atoms with E-state index >= 15 is 0 Å². The Hall–Kier alpha value is -2.75. The van der Waals surface area contributed by atoms with E-state index in [0.717, 1.165) is 22.3 Å². The number of aromatic nitrogens is 1. The minimum atomic E-state index is 0.00372. The second-order valence-corrected chi connectivity index (χ2v) is 4.94. The van der Waals surface area contributed by atoms with E-state index in [1.807, 2.05) is 53.1 Å². The van der Waals surface area contributed by atoms with Gasteiger partial charge in [0.15, 0.2) is 12.4 Å². The topological polar surface area (TPSA) is 40.5 Å². The van der Waals surface area contributed by atoms with E-state index in [4.69, 9.17) is 9.47 Å². The molecule has 4 nitrogen and oxygen atoms in total. The number of hydrogen-bond donors (Lipinski definition) is 0. The fourth-order valence-electron chi connectivity index (χ4n) is 2.82. The molecular formula is C17H13NO3. The van der Waals surface area contributed by atoms with Crippen LogP contribution < -0.4 is 9.47 Å². The largest absolute Gasteiger partial charge is 0.497 e. The number of carbonyl (C=O) groups excluding carboxylic acids is 1. The molecule has 0 spiro atoms. The molecule has 0 amide bonds. The van der Waals surface area contributed by atoms with Crippen LogP contribution in [0.5, 0.6) is 11.5 Å². The first-order chi connectivity index (χ1) is 10.3. The van der Waals surface area contributed by atoms with Gasteiger partial charge in [-0.1, -0.05) is 18.2 Å². The summed E-state index contributed by atoms with van der Waals surface area (Å²) < 4.78 is 12.8. The number of hydrogen-bond acceptors (Lipinski definition) is 3. The second kappa shape index (κ2) is 4.38. The van der Waals surface area contributed by atoms with Crippen LogP contribution >= 0.6 is 0 Å². The normalized spacial score (nSPS) is 13.3. The van der Waals surface area contributed by atoms with Crippen LogP contribution in [0.25, 0.3) is 16.6 Å². The molecule has 0 radical (unpaired) electrons. The highest BCUT2D eigenvalue weighted by Crippen LogP contribution is 2.40. The van der Waals surface area contributed by atoms with E-state index in [2.05, 4.69) is 0 Å². The molecule has 1 aliphatic heterocycles. The molecule has 0 unspecified atom stereocenters. The maximum Gasteiger partial charge on any atom is 0.220 e. The van der Waals surface area contributed by atoms with Crippen LogP contribution in [-0.4, -0.2) is 24.1 Å². The standard InChI is InChI=1S/C17H13NO3/c1-20-12-7-8-14-13(9-12)17-16(15(19)10-21-17)18(14)11-5-3-2-4-6-11/h2-9H,10H2,1H3. The number of carbonyl (C=O) groups is 1. The average molecular weight is 279 g/mol. The number of ether oxygens (including phenoxy) is 2. The highest BCUT2D eigenvalue weighted by atomic mass is 16.5. The van der Waals surface area contributed by atoms with Gasteiger partial charge in [-0.05, 0) is 30.3 Å². The van der Waals surface area contributed by atoms with Crippen molar-refractivity contribution in [2.75, 3.05) is 13.7 Å². The Balaban J connectivity index is 2.10. The number of Topliss-reactive ketones (excluding diaryl/α,β-unsaturated/α-hetero) is 1. The van der Waals surface area contributed by atoms with Crippen molar-refractivity contribution < 1.29 is 14.3 Å². The van der Waals surface area contributed by atoms with Crippen molar-refractivity contribution in [3.8, 4) is 17.2 Å². The van der Waals surface area contributed by atoms with Crippen LogP contribution in [0.4, 0.5) is 0 Å². The molecule has 0 bridgehead atoms. The van der Waals surface area contributed by atoms with Crippen molar-refractivity contribution in [3.63, 3.8) is 0 Å². The Bertz CT molecular complexity index is 849. The zero-order valence-corrected chi connectivity index (χ0v) is 11.5. The lowest BCUT2D eigenvalue weighted by Gasteiger charge is -2.08. The molecule has 0 saturated heterocycles. The summed E-state index contributed by atoms with van der Waals surface area (Å²) >= 11 is 0. The van der Waals surface area contributed by atoms with E-state index in [9.17, 15) is 4.79 Å². The number of benzene rings is 2. The molecule has 1 aliphatic rings. The Morgan fingerprint density at radius 2 is 1.95 bits per heavy atom. The molecule has 104 valence electrons. The molecule has 4 rings (SSSR count). The molecule has 21 heavy (non-hydrogen) atoms. The van der Waals surface area contributed by atoms with E-state index in [1.54, 1.807) is 7.11 Å². The summed E-state index contributed by atoms with van der Waals surface area (Å²) in [6, 6.07) is 15.6. The molecule has 2 heterocycles. The number of nitrogens with zero attached hydrogens (tertiary/aromatic N) is 1. The zero-order valence-electron chi connectivity index (χ0n) is 11.5. The zero-order chi connectivity index (χ0) is 14.4. The summed E-state index contributed by atoms with van der Waals surface area (Å²) in [5.74, 6) is 1.40. The van der Waals surface area contributed by atoms with Crippen molar-refractivity contribution in [1.82, 2.24) is 4.57 Å². The second-order valence-electron chi connectivity index (χ2n) is 4.94. The molecular weight excluding hydrogens is 266 g/mol. The minimum Gasteiger partial charge on any atom is -0.497 e. The maximum absolute atomic E-state index is 12.2. The molecule has 2 aromatic carbocycles. The lowest BCUT2D eigenvalue weighted by molar-refractivity contribution is 0.0956. The van der Waals surface area contributed by atoms with Crippen LogP contribution in [-0.2, 0) is 0 Å². The summed E-state index contributed by atoms with van der Waals surface area (Å²) in [6.07, 6.45) is 0. The number of ketones is 1. The van der Waals surface area contributed by atoms with E-state index < -0.39 is 0 Å². The Kier molecular flexibility index (Phi) is 2.51. The van der Waals surface area contributed by atoms with Gasteiger partial charge in [0.05, 0.1) is 12.6 Å². The third-order valence-corrected chi connectivity index (χ3v) is 3.75. The molecule has 0 saturated carbocycles. The summed E-state index contributed by atoms with van der Waals surface area (Å²) in [7, 11) is 1.63. The molecule has 0 atom stereocenters. The minimum absolute atomic E-state index is 0.00372. The SMILES string of the molecule is COc1ccc2c(c1)c1c(n2-c2ccccc2)C(=O)CO1. The van der Waals surface area contributed by atoms with Gasteiger partial charge in [0.1, 0.15) is 11.4 Å². The lowest BCUT2D eigenvalue weighted by atomic mass is 10.2. The average Bonchev–Trinajstić information content (AvgIpc) is 3.06. The van der Waals surface area contributed by atoms with Crippen molar-refractivity contribution in [3.05, 3.63) is 54.2 Å². The molecule has 4 heteroatoms. The van der Waals surface area contributed by atoms with Gasteiger partial charge in [-0.25, -0.2) is 0 Å². The first-order valence-electron chi connectivity index (χ1n) is 6.73. The summed E-state index contributed by atoms with van der Waals surface area (Å²) in [5, 5.41) is 0.902. The predicted molar refractivity (Wildman–Crippen MR) is 79.7 cm³/mol. The third-order valence-electron chi connectivity index (χ3n) is 3.75. The Morgan fingerprint density at radius 3 is 2.71 bits per heavy atom. The van der Waals surface area contributed by atoms with Gasteiger partial charge in [-0.3, -0.25) is 4.79 Å². The van der Waals surface area contributed by atoms with Crippen molar-refractivity contribution in [2.45, 2.75) is 0 Å². The van der Waals surface area contributed by atoms with Gasteiger partial charge in [0.25, 0.3) is 0 Å². The van der Waals surface area contributed by atoms with Gasteiger partial charge in [0, 0.05) is 11.1 Å². The molecule has 0 fully saturated rings. The quantitative estimate of drug-likeness (QED) is 0.723. The van der Waals surface area contributed by atoms with Gasteiger partial charge in [-0.2, -0.15) is 0 Å². The lowest BCUT2D eigenvalue weighted by Crippen LogP contribution is -2.07. The van der Waals surface area contributed by atoms with Gasteiger partial charge >= 0.3 is 0 Å². The monoisotopic (exact) mass is 279 g/mol. The Labute approximate surface area is 121 Å². The van der Waals surface area contributed by atoms with Crippen LogP contribution in [0.1, 0.15) is 10.5 Å². The highest BCUT2D eigenvalue weighted by Gasteiger charge is 2.30.